The summed E-state index contributed by atoms with van der Waals surface area (Å²) in [5.41, 5.74) is 1.03. The number of ether oxygens (including phenoxy) is 2. The van der Waals surface area contributed by atoms with E-state index >= 15 is 0 Å². The lowest BCUT2D eigenvalue weighted by Crippen LogP contribution is -2.23. The van der Waals surface area contributed by atoms with Gasteiger partial charge in [0.15, 0.2) is 0 Å². The number of halogens is 2. The number of aromatic nitrogens is 2. The first-order valence-corrected chi connectivity index (χ1v) is 7.30. The Morgan fingerprint density at radius 1 is 1.19 bits per heavy atom. The predicted molar refractivity (Wildman–Crippen MR) is 81.5 cm³/mol. The Labute approximate surface area is 131 Å². The maximum Gasteiger partial charge on any atom is 0.276 e. The molecule has 0 saturated carbocycles. The van der Waals surface area contributed by atoms with Crippen LogP contribution in [0.2, 0.25) is 10.2 Å². The number of fused-ring (bicyclic) bond motifs is 1. The third-order valence-electron chi connectivity index (χ3n) is 3.51. The quantitative estimate of drug-likeness (QED) is 0.851. The molecule has 2 aromatic rings. The first-order valence-electron chi connectivity index (χ1n) is 6.54. The molecule has 0 N–H and O–H groups in total. The predicted octanol–water partition coefficient (Wildman–Crippen LogP) is 2.66. The Hall–Kier alpha value is -1.43. The van der Waals surface area contributed by atoms with Crippen molar-refractivity contribution in [3.63, 3.8) is 0 Å². The monoisotopic (exact) mass is 328 g/mol. The fourth-order valence-electron chi connectivity index (χ4n) is 2.47. The van der Waals surface area contributed by atoms with Crippen LogP contribution in [0.25, 0.3) is 11.1 Å². The second-order valence-corrected chi connectivity index (χ2v) is 5.44. The Bertz CT molecular complexity index is 737. The van der Waals surface area contributed by atoms with E-state index in [0.717, 1.165) is 0 Å². The molecule has 0 saturated heterocycles. The van der Waals surface area contributed by atoms with Gasteiger partial charge in [0.1, 0.15) is 10.9 Å². The Balaban J connectivity index is 2.17. The average molecular weight is 329 g/mol. The molecule has 1 aliphatic rings. The topological polar surface area (TPSA) is 45.4 Å². The molecule has 1 aliphatic heterocycles. The zero-order valence-electron chi connectivity index (χ0n) is 11.4. The van der Waals surface area contributed by atoms with Gasteiger partial charge in [-0.05, 0) is 17.7 Å². The number of rotatable bonds is 2. The minimum absolute atomic E-state index is 0.130. The van der Waals surface area contributed by atoms with Gasteiger partial charge in [0.2, 0.25) is 0 Å². The van der Waals surface area contributed by atoms with Crippen molar-refractivity contribution in [3.05, 3.63) is 38.7 Å². The minimum Gasteiger partial charge on any atom is -0.495 e. The van der Waals surface area contributed by atoms with Gasteiger partial charge in [0, 0.05) is 0 Å². The van der Waals surface area contributed by atoms with E-state index in [9.17, 15) is 4.79 Å². The molecule has 3 rings (SSSR count). The maximum atomic E-state index is 12.6. The van der Waals surface area contributed by atoms with Crippen molar-refractivity contribution in [3.8, 4) is 16.9 Å². The highest BCUT2D eigenvalue weighted by atomic mass is 35.5. The van der Waals surface area contributed by atoms with Crippen LogP contribution in [0.5, 0.6) is 5.75 Å². The lowest BCUT2D eigenvalue weighted by atomic mass is 10.1. The molecule has 0 atom stereocenters. The van der Waals surface area contributed by atoms with Gasteiger partial charge < -0.3 is 9.47 Å². The zero-order chi connectivity index (χ0) is 15.0. The highest BCUT2D eigenvalue weighted by Crippen LogP contribution is 2.32. The van der Waals surface area contributed by atoms with Crippen LogP contribution >= 0.6 is 23.2 Å². The Morgan fingerprint density at radius 3 is 2.62 bits per heavy atom. The molecule has 7 heteroatoms. The van der Waals surface area contributed by atoms with E-state index in [0.29, 0.717) is 53.4 Å². The smallest absolute Gasteiger partial charge is 0.276 e. The van der Waals surface area contributed by atoms with Gasteiger partial charge in [-0.1, -0.05) is 29.3 Å². The largest absolute Gasteiger partial charge is 0.495 e. The summed E-state index contributed by atoms with van der Waals surface area (Å²) in [6.45, 7) is 2.09. The molecule has 0 aliphatic carbocycles. The molecule has 21 heavy (non-hydrogen) atoms. The standard InChI is InChI=1S/C14H14Cl2N2O3/c1-20-11-8-9(2-3-10(11)15)12-13(16)17-4-6-21-7-5-18(17)14(12)19/h2-3,8H,4-7H2,1H3. The zero-order valence-corrected chi connectivity index (χ0v) is 12.9. The molecular weight excluding hydrogens is 315 g/mol. The second kappa shape index (κ2) is 5.75. The van der Waals surface area contributed by atoms with Crippen molar-refractivity contribution in [2.75, 3.05) is 20.3 Å². The van der Waals surface area contributed by atoms with Crippen LogP contribution in [0.1, 0.15) is 0 Å². The fourth-order valence-corrected chi connectivity index (χ4v) is 3.03. The van der Waals surface area contributed by atoms with E-state index in [1.807, 2.05) is 0 Å². The summed E-state index contributed by atoms with van der Waals surface area (Å²) in [4.78, 5) is 12.6. The molecule has 2 heterocycles. The van der Waals surface area contributed by atoms with Crippen molar-refractivity contribution in [1.82, 2.24) is 9.36 Å². The molecule has 0 amide bonds. The van der Waals surface area contributed by atoms with Crippen LogP contribution < -0.4 is 10.3 Å². The third kappa shape index (κ3) is 2.46. The van der Waals surface area contributed by atoms with E-state index in [-0.39, 0.29) is 5.56 Å². The summed E-state index contributed by atoms with van der Waals surface area (Å²) >= 11 is 12.4. The number of methoxy groups -OCH3 is 1. The minimum atomic E-state index is -0.130. The van der Waals surface area contributed by atoms with Crippen molar-refractivity contribution < 1.29 is 9.47 Å². The number of hydrogen-bond acceptors (Lipinski definition) is 3. The van der Waals surface area contributed by atoms with Gasteiger partial charge in [0.05, 0.1) is 44.0 Å². The SMILES string of the molecule is COc1cc(-c2c(Cl)n3n(c2=O)CCOCC3)ccc1Cl. The molecule has 0 unspecified atom stereocenters. The van der Waals surface area contributed by atoms with Crippen molar-refractivity contribution in [1.29, 1.82) is 0 Å². The van der Waals surface area contributed by atoms with E-state index in [1.54, 1.807) is 27.6 Å². The number of nitrogens with zero attached hydrogens (tertiary/aromatic N) is 2. The van der Waals surface area contributed by atoms with Crippen molar-refractivity contribution in [2.45, 2.75) is 13.1 Å². The van der Waals surface area contributed by atoms with Crippen molar-refractivity contribution >= 4 is 23.2 Å². The lowest BCUT2D eigenvalue weighted by molar-refractivity contribution is 0.137. The second-order valence-electron chi connectivity index (χ2n) is 4.68. The van der Waals surface area contributed by atoms with Crippen LogP contribution in [-0.4, -0.2) is 29.7 Å². The molecule has 0 bridgehead atoms. The molecule has 1 aromatic heterocycles. The summed E-state index contributed by atoms with van der Waals surface area (Å²) in [5, 5.41) is 0.904. The van der Waals surface area contributed by atoms with Crippen LogP contribution in [0.4, 0.5) is 0 Å². The lowest BCUT2D eigenvalue weighted by Gasteiger charge is -2.06. The van der Waals surface area contributed by atoms with Gasteiger partial charge in [-0.2, -0.15) is 0 Å². The fraction of sp³-hybridized carbons (Fsp3) is 0.357. The van der Waals surface area contributed by atoms with Gasteiger partial charge in [0.25, 0.3) is 5.56 Å². The van der Waals surface area contributed by atoms with Crippen LogP contribution in [0, 0.1) is 0 Å². The van der Waals surface area contributed by atoms with E-state index in [1.165, 1.54) is 7.11 Å². The summed E-state index contributed by atoms with van der Waals surface area (Å²) in [5.74, 6) is 0.513. The molecule has 0 spiro atoms. The molecule has 112 valence electrons. The molecule has 0 fully saturated rings. The van der Waals surface area contributed by atoms with Gasteiger partial charge in [-0.15, -0.1) is 0 Å². The molecule has 5 nitrogen and oxygen atoms in total. The number of benzene rings is 1. The average Bonchev–Trinajstić information content (AvgIpc) is 2.67. The maximum absolute atomic E-state index is 12.6. The highest BCUT2D eigenvalue weighted by Gasteiger charge is 2.22. The van der Waals surface area contributed by atoms with Crippen LogP contribution in [0.3, 0.4) is 0 Å². The van der Waals surface area contributed by atoms with Crippen LogP contribution in [0.15, 0.2) is 23.0 Å². The summed E-state index contributed by atoms with van der Waals surface area (Å²) in [6.07, 6.45) is 0. The summed E-state index contributed by atoms with van der Waals surface area (Å²) < 4.78 is 13.9. The summed E-state index contributed by atoms with van der Waals surface area (Å²) in [6, 6.07) is 5.19. The normalized spacial score (nSPS) is 14.6. The van der Waals surface area contributed by atoms with Gasteiger partial charge in [-0.25, -0.2) is 4.68 Å². The van der Waals surface area contributed by atoms with Gasteiger partial charge in [-0.3, -0.25) is 9.48 Å². The molecule has 0 radical (unpaired) electrons. The van der Waals surface area contributed by atoms with Crippen molar-refractivity contribution in [2.24, 2.45) is 0 Å². The highest BCUT2D eigenvalue weighted by molar-refractivity contribution is 6.33. The first kappa shape index (κ1) is 14.5. The van der Waals surface area contributed by atoms with E-state index in [2.05, 4.69) is 0 Å². The van der Waals surface area contributed by atoms with Crippen LogP contribution in [-0.2, 0) is 17.8 Å². The first-order chi connectivity index (χ1) is 10.1. The van der Waals surface area contributed by atoms with E-state index in [4.69, 9.17) is 32.7 Å². The molecular formula is C14H14Cl2N2O3. The van der Waals surface area contributed by atoms with E-state index < -0.39 is 0 Å². The van der Waals surface area contributed by atoms with Gasteiger partial charge >= 0.3 is 0 Å². The number of hydrogen-bond donors (Lipinski definition) is 0. The third-order valence-corrected chi connectivity index (χ3v) is 4.20. The molecule has 1 aromatic carbocycles. The Morgan fingerprint density at radius 2 is 1.90 bits per heavy atom. The summed E-state index contributed by atoms with van der Waals surface area (Å²) in [7, 11) is 1.53. The Kier molecular flexibility index (Phi) is 3.97.